The van der Waals surface area contributed by atoms with Crippen molar-refractivity contribution < 1.29 is 29.1 Å². The third-order valence-electron chi connectivity index (χ3n) is 1.90. The minimum atomic E-state index is -0.0507. The van der Waals surface area contributed by atoms with Crippen molar-refractivity contribution in [1.82, 2.24) is 0 Å². The molecule has 0 N–H and O–H groups in total. The summed E-state index contributed by atoms with van der Waals surface area (Å²) in [5.74, 6) is 1.77. The summed E-state index contributed by atoms with van der Waals surface area (Å²) in [6.07, 6.45) is 2.67. The van der Waals surface area contributed by atoms with Crippen LogP contribution in [0.1, 0.15) is 68.2 Å². The summed E-state index contributed by atoms with van der Waals surface area (Å²) in [7, 11) is 0. The highest BCUT2D eigenvalue weighted by Gasteiger charge is 1.95. The molecule has 0 saturated heterocycles. The summed E-state index contributed by atoms with van der Waals surface area (Å²) >= 11 is 0. The largest absolute Gasteiger partial charge is 0.330 e. The van der Waals surface area contributed by atoms with Crippen LogP contribution in [0.4, 0.5) is 0 Å². The van der Waals surface area contributed by atoms with E-state index in [0.29, 0.717) is 0 Å². The second-order valence-corrected chi connectivity index (χ2v) is 6.04. The fraction of sp³-hybridized carbons (Fsp3) is 0.875. The molecule has 22 heavy (non-hydrogen) atoms. The van der Waals surface area contributed by atoms with Crippen LogP contribution < -0.4 is 0 Å². The van der Waals surface area contributed by atoms with E-state index in [2.05, 4.69) is 47.2 Å². The van der Waals surface area contributed by atoms with Crippen LogP contribution in [-0.4, -0.2) is 25.2 Å². The van der Waals surface area contributed by atoms with E-state index in [9.17, 15) is 9.59 Å². The molecule has 0 aliphatic rings. The van der Waals surface area contributed by atoms with Crippen LogP contribution in [0.5, 0.6) is 0 Å². The second-order valence-electron chi connectivity index (χ2n) is 6.04. The molecule has 0 aromatic rings. The van der Waals surface area contributed by atoms with Crippen LogP contribution in [0.15, 0.2) is 0 Å². The van der Waals surface area contributed by atoms with Gasteiger partial charge in [0.1, 0.15) is 0 Å². The first-order valence-corrected chi connectivity index (χ1v) is 7.68. The number of rotatable bonds is 9. The molecule has 0 aromatic heterocycles. The molecule has 6 nitrogen and oxygen atoms in total. The molecule has 0 saturated carbocycles. The van der Waals surface area contributed by atoms with Crippen molar-refractivity contribution in [3.8, 4) is 0 Å². The predicted octanol–water partition coefficient (Wildman–Crippen LogP) is 4.08. The first kappa shape index (κ1) is 25.8. The lowest BCUT2D eigenvalue weighted by atomic mass is 10.0. The quantitative estimate of drug-likeness (QED) is 0.362. The Labute approximate surface area is 135 Å². The lowest BCUT2D eigenvalue weighted by Crippen LogP contribution is -2.01. The number of carbonyl (C=O) groups is 2. The highest BCUT2D eigenvalue weighted by atomic mass is 17.2. The average Bonchev–Trinajstić information content (AvgIpc) is 2.42. The van der Waals surface area contributed by atoms with Crippen molar-refractivity contribution in [3.05, 3.63) is 0 Å². The van der Waals surface area contributed by atoms with Crippen LogP contribution in [0.2, 0.25) is 0 Å². The molecule has 0 spiro atoms. The molecule has 6 heteroatoms. The summed E-state index contributed by atoms with van der Waals surface area (Å²) in [6.45, 7) is 16.7. The van der Waals surface area contributed by atoms with Gasteiger partial charge in [-0.3, -0.25) is 9.59 Å². The number of carbonyl (C=O) groups excluding carboxylic acids is 2. The van der Waals surface area contributed by atoms with Gasteiger partial charge in [-0.1, -0.05) is 40.5 Å². The van der Waals surface area contributed by atoms with Gasteiger partial charge in [-0.2, -0.15) is 9.78 Å². The molecule has 0 rings (SSSR count). The maximum Gasteiger partial charge on any atom is 0.330 e. The first-order valence-electron chi connectivity index (χ1n) is 7.68. The monoisotopic (exact) mass is 322 g/mol. The van der Waals surface area contributed by atoms with E-state index in [4.69, 9.17) is 0 Å². The van der Waals surface area contributed by atoms with Crippen molar-refractivity contribution in [2.75, 3.05) is 0 Å². The van der Waals surface area contributed by atoms with Crippen molar-refractivity contribution in [3.63, 3.8) is 0 Å². The highest BCUT2D eigenvalue weighted by molar-refractivity contribution is 5.35. The zero-order valence-electron chi connectivity index (χ0n) is 15.3. The van der Waals surface area contributed by atoms with Crippen molar-refractivity contribution >= 4 is 12.9 Å². The van der Waals surface area contributed by atoms with E-state index in [1.54, 1.807) is 27.7 Å². The van der Waals surface area contributed by atoms with Gasteiger partial charge < -0.3 is 9.78 Å². The Hall–Kier alpha value is -1.14. The lowest BCUT2D eigenvalue weighted by molar-refractivity contribution is -0.279. The van der Waals surface area contributed by atoms with Crippen molar-refractivity contribution in [2.24, 2.45) is 11.8 Å². The Morgan fingerprint density at radius 1 is 0.636 bits per heavy atom. The average molecular weight is 322 g/mol. The molecule has 0 amide bonds. The maximum absolute atomic E-state index is 9.36. The minimum absolute atomic E-state index is 0.0507. The SMILES string of the molecule is CC(C)CCC(C)C.CC(C)OOC=O.CC(C)OOC=O. The molecule has 0 fully saturated rings. The van der Waals surface area contributed by atoms with Gasteiger partial charge in [-0.05, 0) is 39.5 Å². The van der Waals surface area contributed by atoms with Crippen LogP contribution in [0.3, 0.4) is 0 Å². The van der Waals surface area contributed by atoms with Crippen LogP contribution in [0.25, 0.3) is 0 Å². The Morgan fingerprint density at radius 3 is 1.00 bits per heavy atom. The van der Waals surface area contributed by atoms with E-state index in [1.165, 1.54) is 12.8 Å². The standard InChI is InChI=1S/C8H18.2C4H8O3/c1-7(2)5-6-8(3)4;2*1-4(2)7-6-3-5/h7-8H,5-6H2,1-4H3;2*3-4H,1-2H3. The second kappa shape index (κ2) is 19.9. The summed E-state index contributed by atoms with van der Waals surface area (Å²) in [5, 5.41) is 0. The van der Waals surface area contributed by atoms with Crippen molar-refractivity contribution in [1.29, 1.82) is 0 Å². The molecule has 0 aliphatic carbocycles. The maximum atomic E-state index is 9.36. The highest BCUT2D eigenvalue weighted by Crippen LogP contribution is 2.09. The predicted molar refractivity (Wildman–Crippen MR) is 85.7 cm³/mol. The van der Waals surface area contributed by atoms with Gasteiger partial charge in [0.05, 0.1) is 12.2 Å². The van der Waals surface area contributed by atoms with Gasteiger partial charge in [-0.25, -0.2) is 0 Å². The molecule has 0 radical (unpaired) electrons. The summed E-state index contributed by atoms with van der Waals surface area (Å²) in [6, 6.07) is 0. The molecule has 0 aromatic carbocycles. The third kappa shape index (κ3) is 42.8. The molecule has 0 atom stereocenters. The molecule has 134 valence electrons. The van der Waals surface area contributed by atoms with E-state index in [0.717, 1.165) is 11.8 Å². The van der Waals surface area contributed by atoms with Gasteiger partial charge in [0.2, 0.25) is 0 Å². The minimum Gasteiger partial charge on any atom is -0.302 e. The van der Waals surface area contributed by atoms with E-state index < -0.39 is 0 Å². The van der Waals surface area contributed by atoms with E-state index in [1.807, 2.05) is 0 Å². The van der Waals surface area contributed by atoms with Crippen LogP contribution >= 0.6 is 0 Å². The summed E-state index contributed by atoms with van der Waals surface area (Å²) in [4.78, 5) is 35.2. The zero-order valence-corrected chi connectivity index (χ0v) is 15.3. The van der Waals surface area contributed by atoms with E-state index in [-0.39, 0.29) is 25.2 Å². The molecule has 0 bridgehead atoms. The molecular weight excluding hydrogens is 288 g/mol. The molecule has 0 unspecified atom stereocenters. The number of hydrogen-bond donors (Lipinski definition) is 0. The Morgan fingerprint density at radius 2 is 0.909 bits per heavy atom. The fourth-order valence-corrected chi connectivity index (χ4v) is 0.934. The molecule has 0 heterocycles. The van der Waals surface area contributed by atoms with E-state index >= 15 is 0 Å². The van der Waals surface area contributed by atoms with Crippen LogP contribution in [0, 0.1) is 11.8 Å². The van der Waals surface area contributed by atoms with Gasteiger partial charge in [0, 0.05) is 0 Å². The normalized spacial score (nSPS) is 9.82. The lowest BCUT2D eigenvalue weighted by Gasteiger charge is -2.05. The Bertz CT molecular complexity index is 203. The molecular formula is C16H34O6. The zero-order chi connectivity index (χ0) is 18.0. The molecule has 0 aliphatic heterocycles. The fourth-order valence-electron chi connectivity index (χ4n) is 0.934. The topological polar surface area (TPSA) is 71.1 Å². The van der Waals surface area contributed by atoms with Gasteiger partial charge in [0.25, 0.3) is 0 Å². The van der Waals surface area contributed by atoms with Gasteiger partial charge >= 0.3 is 12.9 Å². The van der Waals surface area contributed by atoms with Crippen molar-refractivity contribution in [2.45, 2.75) is 80.4 Å². The van der Waals surface area contributed by atoms with Crippen LogP contribution in [-0.2, 0) is 29.1 Å². The Kier molecular flexibility index (Phi) is 23.3. The Balaban J connectivity index is -0.000000247. The number of hydrogen-bond acceptors (Lipinski definition) is 6. The first-order chi connectivity index (χ1) is 10.2. The third-order valence-corrected chi connectivity index (χ3v) is 1.90. The van der Waals surface area contributed by atoms with Gasteiger partial charge in [-0.15, -0.1) is 0 Å². The summed E-state index contributed by atoms with van der Waals surface area (Å²) < 4.78 is 0. The smallest absolute Gasteiger partial charge is 0.302 e. The van der Waals surface area contributed by atoms with Gasteiger partial charge in [0.15, 0.2) is 0 Å². The summed E-state index contributed by atoms with van der Waals surface area (Å²) in [5.41, 5.74) is 0.